The third-order valence-corrected chi connectivity index (χ3v) is 4.28. The van der Waals surface area contributed by atoms with Crippen LogP contribution < -0.4 is 15.5 Å². The Bertz CT molecular complexity index is 630. The van der Waals surface area contributed by atoms with Gasteiger partial charge in [-0.05, 0) is 43.2 Å². The van der Waals surface area contributed by atoms with E-state index in [0.717, 1.165) is 32.0 Å². The van der Waals surface area contributed by atoms with Crippen LogP contribution >= 0.6 is 0 Å². The first-order chi connectivity index (χ1) is 10.1. The molecule has 4 nitrogen and oxygen atoms in total. The van der Waals surface area contributed by atoms with Crippen molar-refractivity contribution in [2.75, 3.05) is 41.7 Å². The molecule has 1 aromatic heterocycles. The molecular formula is C17H22N4. The number of nitrogens with two attached hydrogens (primary N) is 1. The average molecular weight is 282 g/mol. The summed E-state index contributed by atoms with van der Waals surface area (Å²) < 4.78 is 0. The number of nitrogens with zero attached hydrogens (tertiary/aromatic N) is 3. The van der Waals surface area contributed by atoms with Crippen molar-refractivity contribution in [1.29, 1.82) is 0 Å². The zero-order valence-electron chi connectivity index (χ0n) is 12.7. The molecule has 0 radical (unpaired) electrons. The Balaban J connectivity index is 1.72. The zero-order valence-corrected chi connectivity index (χ0v) is 12.7. The molecule has 0 saturated carbocycles. The molecule has 0 atom stereocenters. The monoisotopic (exact) mass is 282 g/mol. The highest BCUT2D eigenvalue weighted by Gasteiger charge is 2.19. The van der Waals surface area contributed by atoms with Crippen LogP contribution in [0.2, 0.25) is 0 Å². The highest BCUT2D eigenvalue weighted by Crippen LogP contribution is 2.25. The Hall–Kier alpha value is -2.23. The number of hydrogen-bond donors (Lipinski definition) is 1. The Kier molecular flexibility index (Phi) is 3.69. The van der Waals surface area contributed by atoms with Crippen molar-refractivity contribution in [3.8, 4) is 0 Å². The summed E-state index contributed by atoms with van der Waals surface area (Å²) in [5, 5.41) is 0. The van der Waals surface area contributed by atoms with Gasteiger partial charge in [-0.15, -0.1) is 0 Å². The van der Waals surface area contributed by atoms with Crippen LogP contribution in [0.4, 0.5) is 17.3 Å². The van der Waals surface area contributed by atoms with Gasteiger partial charge in [-0.3, -0.25) is 0 Å². The summed E-state index contributed by atoms with van der Waals surface area (Å²) in [5.41, 5.74) is 9.87. The van der Waals surface area contributed by atoms with Gasteiger partial charge in [0.05, 0.1) is 0 Å². The van der Waals surface area contributed by atoms with Gasteiger partial charge in [-0.25, -0.2) is 4.98 Å². The number of benzene rings is 1. The summed E-state index contributed by atoms with van der Waals surface area (Å²) >= 11 is 0. The predicted octanol–water partition coefficient (Wildman–Crippen LogP) is 2.61. The van der Waals surface area contributed by atoms with Crippen molar-refractivity contribution in [2.45, 2.75) is 13.8 Å². The lowest BCUT2D eigenvalue weighted by molar-refractivity contribution is 0.646. The lowest BCUT2D eigenvalue weighted by Gasteiger charge is -2.37. The van der Waals surface area contributed by atoms with Crippen LogP contribution in [0.15, 0.2) is 36.4 Å². The van der Waals surface area contributed by atoms with E-state index in [1.165, 1.54) is 16.8 Å². The number of aromatic nitrogens is 1. The van der Waals surface area contributed by atoms with E-state index in [2.05, 4.69) is 46.8 Å². The van der Waals surface area contributed by atoms with Crippen molar-refractivity contribution in [2.24, 2.45) is 0 Å². The number of hydrogen-bond acceptors (Lipinski definition) is 4. The summed E-state index contributed by atoms with van der Waals surface area (Å²) in [6.45, 7) is 8.36. The predicted molar refractivity (Wildman–Crippen MR) is 89.0 cm³/mol. The molecular weight excluding hydrogens is 260 g/mol. The minimum absolute atomic E-state index is 0.587. The largest absolute Gasteiger partial charge is 0.384 e. The van der Waals surface area contributed by atoms with E-state index in [0.29, 0.717) is 5.82 Å². The molecule has 0 amide bonds. The minimum Gasteiger partial charge on any atom is -0.384 e. The maximum atomic E-state index is 5.77. The molecule has 21 heavy (non-hydrogen) atoms. The van der Waals surface area contributed by atoms with Gasteiger partial charge in [-0.2, -0.15) is 0 Å². The Morgan fingerprint density at radius 1 is 0.905 bits per heavy atom. The van der Waals surface area contributed by atoms with Gasteiger partial charge in [-0.1, -0.05) is 18.2 Å². The van der Waals surface area contributed by atoms with E-state index in [-0.39, 0.29) is 0 Å². The minimum atomic E-state index is 0.587. The fourth-order valence-corrected chi connectivity index (χ4v) is 2.87. The molecule has 0 bridgehead atoms. The molecule has 1 aliphatic rings. The van der Waals surface area contributed by atoms with Gasteiger partial charge in [0.2, 0.25) is 0 Å². The van der Waals surface area contributed by atoms with Gasteiger partial charge >= 0.3 is 0 Å². The van der Waals surface area contributed by atoms with Crippen molar-refractivity contribution in [1.82, 2.24) is 4.98 Å². The van der Waals surface area contributed by atoms with Crippen LogP contribution in [0.5, 0.6) is 0 Å². The first-order valence-corrected chi connectivity index (χ1v) is 7.44. The van der Waals surface area contributed by atoms with Crippen LogP contribution in [-0.4, -0.2) is 31.2 Å². The molecule has 1 saturated heterocycles. The van der Waals surface area contributed by atoms with Crippen LogP contribution in [-0.2, 0) is 0 Å². The quantitative estimate of drug-likeness (QED) is 0.919. The van der Waals surface area contributed by atoms with E-state index in [9.17, 15) is 0 Å². The molecule has 2 heterocycles. The average Bonchev–Trinajstić information content (AvgIpc) is 2.50. The summed E-state index contributed by atoms with van der Waals surface area (Å²) in [5.74, 6) is 1.57. The fourth-order valence-electron chi connectivity index (χ4n) is 2.87. The second kappa shape index (κ2) is 5.64. The second-order valence-electron chi connectivity index (χ2n) is 5.61. The number of aryl methyl sites for hydroxylation is 1. The Morgan fingerprint density at radius 2 is 1.57 bits per heavy atom. The molecule has 0 aliphatic carbocycles. The van der Waals surface area contributed by atoms with E-state index in [1.54, 1.807) is 0 Å². The van der Waals surface area contributed by atoms with E-state index < -0.39 is 0 Å². The van der Waals surface area contributed by atoms with Gasteiger partial charge in [0, 0.05) is 31.9 Å². The summed E-state index contributed by atoms with van der Waals surface area (Å²) in [6.07, 6.45) is 0. The van der Waals surface area contributed by atoms with Crippen molar-refractivity contribution in [3.63, 3.8) is 0 Å². The normalized spacial score (nSPS) is 15.3. The van der Waals surface area contributed by atoms with Crippen LogP contribution in [0.1, 0.15) is 11.1 Å². The standard InChI is InChI=1S/C17H22N4/c1-13-5-3-6-15(14(13)2)20-9-11-21(12-10-20)17-8-4-7-16(18)19-17/h3-8H,9-12H2,1-2H3,(H2,18,19). The van der Waals surface area contributed by atoms with E-state index in [1.807, 2.05) is 18.2 Å². The topological polar surface area (TPSA) is 45.4 Å². The molecule has 4 heteroatoms. The molecule has 1 fully saturated rings. The molecule has 3 rings (SSSR count). The van der Waals surface area contributed by atoms with Gasteiger partial charge in [0.1, 0.15) is 11.6 Å². The number of nitrogen functional groups attached to an aromatic ring is 1. The van der Waals surface area contributed by atoms with E-state index >= 15 is 0 Å². The SMILES string of the molecule is Cc1cccc(N2CCN(c3cccc(N)n3)CC2)c1C. The molecule has 1 aromatic carbocycles. The molecule has 0 spiro atoms. The molecule has 2 N–H and O–H groups in total. The number of piperazine rings is 1. The maximum absolute atomic E-state index is 5.77. The van der Waals surface area contributed by atoms with Crippen LogP contribution in [0.25, 0.3) is 0 Å². The Labute approximate surface area is 126 Å². The highest BCUT2D eigenvalue weighted by molar-refractivity contribution is 5.57. The third kappa shape index (κ3) is 2.79. The maximum Gasteiger partial charge on any atom is 0.131 e. The van der Waals surface area contributed by atoms with E-state index in [4.69, 9.17) is 5.73 Å². The van der Waals surface area contributed by atoms with Gasteiger partial charge in [0.25, 0.3) is 0 Å². The van der Waals surface area contributed by atoms with Gasteiger partial charge in [0.15, 0.2) is 0 Å². The number of anilines is 3. The lowest BCUT2D eigenvalue weighted by atomic mass is 10.1. The van der Waals surface area contributed by atoms with Crippen molar-refractivity contribution in [3.05, 3.63) is 47.5 Å². The molecule has 0 unspecified atom stereocenters. The summed E-state index contributed by atoms with van der Waals surface area (Å²) in [6, 6.07) is 12.4. The zero-order chi connectivity index (χ0) is 14.8. The molecule has 110 valence electrons. The van der Waals surface area contributed by atoms with Crippen molar-refractivity contribution >= 4 is 17.3 Å². The third-order valence-electron chi connectivity index (χ3n) is 4.28. The Morgan fingerprint density at radius 3 is 2.29 bits per heavy atom. The van der Waals surface area contributed by atoms with Crippen LogP contribution in [0.3, 0.4) is 0 Å². The summed E-state index contributed by atoms with van der Waals surface area (Å²) in [7, 11) is 0. The fraction of sp³-hybridized carbons (Fsp3) is 0.353. The smallest absolute Gasteiger partial charge is 0.131 e. The second-order valence-corrected chi connectivity index (χ2v) is 5.61. The van der Waals surface area contributed by atoms with Crippen LogP contribution in [0, 0.1) is 13.8 Å². The highest BCUT2D eigenvalue weighted by atomic mass is 15.3. The lowest BCUT2D eigenvalue weighted by Crippen LogP contribution is -2.47. The number of pyridine rings is 1. The summed E-state index contributed by atoms with van der Waals surface area (Å²) in [4.78, 5) is 9.18. The van der Waals surface area contributed by atoms with Crippen molar-refractivity contribution < 1.29 is 0 Å². The number of rotatable bonds is 2. The molecule has 2 aromatic rings. The first kappa shape index (κ1) is 13.7. The molecule has 1 aliphatic heterocycles. The van der Waals surface area contributed by atoms with Gasteiger partial charge < -0.3 is 15.5 Å². The first-order valence-electron chi connectivity index (χ1n) is 7.44.